The second-order valence-corrected chi connectivity index (χ2v) is 12.3. The Balaban J connectivity index is 1.22. The molecule has 0 fully saturated rings. The lowest BCUT2D eigenvalue weighted by atomic mass is 10.0. The molecule has 6 rings (SSSR count). The normalized spacial score (nSPS) is 14.3. The van der Waals surface area contributed by atoms with E-state index in [4.69, 9.17) is 21.4 Å². The van der Waals surface area contributed by atoms with Gasteiger partial charge in [-0.25, -0.2) is 9.40 Å². The number of thiophene rings is 1. The van der Waals surface area contributed by atoms with Crippen LogP contribution in [0.15, 0.2) is 101 Å². The van der Waals surface area contributed by atoms with E-state index in [1.165, 1.54) is 28.9 Å². The van der Waals surface area contributed by atoms with Crippen LogP contribution in [0, 0.1) is 5.82 Å². The first-order valence-corrected chi connectivity index (χ1v) is 16.1. The van der Waals surface area contributed by atoms with E-state index in [2.05, 4.69) is 15.5 Å². The minimum absolute atomic E-state index is 0.00974. The average molecular weight is 661 g/mol. The number of nitrogens with one attached hydrogen (secondary N) is 1. The number of benzene rings is 3. The lowest BCUT2D eigenvalue weighted by Crippen LogP contribution is -2.28. The lowest BCUT2D eigenvalue weighted by Gasteiger charge is -2.22. The predicted molar refractivity (Wildman–Crippen MR) is 173 cm³/mol. The Bertz CT molecular complexity index is 1850. The van der Waals surface area contributed by atoms with Crippen LogP contribution in [-0.2, 0) is 11.3 Å². The van der Waals surface area contributed by atoms with Gasteiger partial charge in [0, 0.05) is 17.0 Å². The maximum absolute atomic E-state index is 13.7. The number of hydrazone groups is 1. The van der Waals surface area contributed by atoms with Crippen molar-refractivity contribution in [1.82, 2.24) is 25.1 Å². The van der Waals surface area contributed by atoms with Crippen LogP contribution in [0.1, 0.15) is 39.1 Å². The minimum atomic E-state index is -0.370. The molecule has 1 unspecified atom stereocenters. The van der Waals surface area contributed by atoms with E-state index in [1.807, 2.05) is 23.6 Å². The molecule has 0 bridgehead atoms. The van der Waals surface area contributed by atoms with Crippen molar-refractivity contribution in [2.45, 2.75) is 24.2 Å². The minimum Gasteiger partial charge on any atom is -0.497 e. The molecule has 0 saturated heterocycles. The Hall–Kier alpha value is -4.52. The summed E-state index contributed by atoms with van der Waals surface area (Å²) in [6.07, 6.45) is 0.513. The summed E-state index contributed by atoms with van der Waals surface area (Å²) in [6, 6.07) is 23.6. The number of carbonyl (C=O) groups excluding carboxylic acids is 2. The number of methoxy groups -OCH3 is 1. The Labute approximate surface area is 271 Å². The zero-order chi connectivity index (χ0) is 31.3. The van der Waals surface area contributed by atoms with E-state index in [9.17, 15) is 14.0 Å². The molecule has 1 aliphatic rings. The van der Waals surface area contributed by atoms with Gasteiger partial charge in [-0.15, -0.1) is 21.5 Å². The smallest absolute Gasteiger partial charge is 0.253 e. The third-order valence-electron chi connectivity index (χ3n) is 7.08. The molecule has 0 saturated carbocycles. The molecule has 3 aromatic carbocycles. The largest absolute Gasteiger partial charge is 0.497 e. The first-order valence-electron chi connectivity index (χ1n) is 13.8. The van der Waals surface area contributed by atoms with Gasteiger partial charge in [-0.1, -0.05) is 47.6 Å². The maximum Gasteiger partial charge on any atom is 0.253 e. The fraction of sp³-hybridized carbons (Fsp3) is 0.156. The van der Waals surface area contributed by atoms with Crippen LogP contribution >= 0.6 is 34.7 Å². The monoisotopic (exact) mass is 660 g/mol. The van der Waals surface area contributed by atoms with Crippen LogP contribution in [0.2, 0.25) is 5.02 Å². The topological polar surface area (TPSA) is 102 Å². The predicted octanol–water partition coefficient (Wildman–Crippen LogP) is 6.53. The Morgan fingerprint density at radius 3 is 2.58 bits per heavy atom. The van der Waals surface area contributed by atoms with Crippen molar-refractivity contribution in [3.63, 3.8) is 0 Å². The van der Waals surface area contributed by atoms with Gasteiger partial charge in [-0.2, -0.15) is 5.10 Å². The van der Waals surface area contributed by atoms with E-state index in [-0.39, 0.29) is 36.0 Å². The number of thioether (sulfide) groups is 1. The number of hydrogen-bond donors (Lipinski definition) is 1. The van der Waals surface area contributed by atoms with Gasteiger partial charge in [0.25, 0.3) is 11.8 Å². The quantitative estimate of drug-likeness (QED) is 0.171. The summed E-state index contributed by atoms with van der Waals surface area (Å²) in [6.45, 7) is 0.0755. The highest BCUT2D eigenvalue weighted by atomic mass is 35.5. The molecule has 9 nitrogen and oxygen atoms in total. The molecule has 0 radical (unpaired) electrons. The first-order chi connectivity index (χ1) is 21.9. The van der Waals surface area contributed by atoms with Crippen molar-refractivity contribution in [3.05, 3.63) is 123 Å². The molecule has 1 N–H and O–H groups in total. The van der Waals surface area contributed by atoms with Crippen LogP contribution in [-0.4, -0.2) is 50.2 Å². The second-order valence-electron chi connectivity index (χ2n) is 9.95. The third-order valence-corrected chi connectivity index (χ3v) is 9.14. The van der Waals surface area contributed by atoms with Crippen molar-refractivity contribution in [2.75, 3.05) is 12.9 Å². The summed E-state index contributed by atoms with van der Waals surface area (Å²) in [4.78, 5) is 27.5. The van der Waals surface area contributed by atoms with Gasteiger partial charge in [-0.3, -0.25) is 14.2 Å². The number of nitrogens with zero attached hydrogens (tertiary/aromatic N) is 5. The molecule has 5 aromatic rings. The third kappa shape index (κ3) is 6.93. The number of hydrogen-bond acceptors (Lipinski definition) is 8. The summed E-state index contributed by atoms with van der Waals surface area (Å²) in [5.74, 6) is 0.238. The van der Waals surface area contributed by atoms with Crippen molar-refractivity contribution < 1.29 is 18.7 Å². The van der Waals surface area contributed by atoms with Crippen LogP contribution < -0.4 is 10.1 Å². The molecule has 3 heterocycles. The number of carbonyl (C=O) groups is 2. The molecule has 0 spiro atoms. The van der Waals surface area contributed by atoms with Gasteiger partial charge in [-0.05, 0) is 71.6 Å². The lowest BCUT2D eigenvalue weighted by molar-refractivity contribution is -0.130. The van der Waals surface area contributed by atoms with E-state index >= 15 is 0 Å². The second kappa shape index (κ2) is 13.6. The fourth-order valence-electron chi connectivity index (χ4n) is 4.86. The van der Waals surface area contributed by atoms with E-state index < -0.39 is 0 Å². The van der Waals surface area contributed by atoms with Crippen molar-refractivity contribution in [3.8, 4) is 11.4 Å². The summed E-state index contributed by atoms with van der Waals surface area (Å²) in [7, 11) is 1.56. The van der Waals surface area contributed by atoms with Crippen LogP contribution in [0.4, 0.5) is 4.39 Å². The van der Waals surface area contributed by atoms with Crippen LogP contribution in [0.25, 0.3) is 5.69 Å². The van der Waals surface area contributed by atoms with Gasteiger partial charge in [0.15, 0.2) is 11.0 Å². The number of ether oxygens (including phenoxy) is 1. The molecule has 13 heteroatoms. The fourth-order valence-corrected chi connectivity index (χ4v) is 6.58. The molecule has 228 valence electrons. The van der Waals surface area contributed by atoms with Gasteiger partial charge in [0.2, 0.25) is 0 Å². The Morgan fingerprint density at radius 2 is 1.87 bits per heavy atom. The summed E-state index contributed by atoms with van der Waals surface area (Å²) in [5.41, 5.74) is 2.74. The molecule has 2 aromatic heterocycles. The molecule has 45 heavy (non-hydrogen) atoms. The number of halogens is 2. The van der Waals surface area contributed by atoms with E-state index in [0.717, 1.165) is 16.2 Å². The SMILES string of the molecule is COc1ccc(C(=O)NCc2nnc(SCC(=O)N3N=C(c4cccs4)CC3c3ccc(F)cc3)n2-c2cccc(Cl)c2)cc1. The molecular formula is C32H26ClFN6O3S2. The Kier molecular flexibility index (Phi) is 9.24. The van der Waals surface area contributed by atoms with Crippen molar-refractivity contribution in [2.24, 2.45) is 5.10 Å². The molecule has 1 aliphatic heterocycles. The highest BCUT2D eigenvalue weighted by Crippen LogP contribution is 2.35. The first kappa shape index (κ1) is 30.5. The molecule has 1 atom stereocenters. The standard InChI is InChI=1S/C32H26ClFN6O3S2/c1-43-25-13-9-21(10-14-25)31(42)35-18-29-36-37-32(39(29)24-5-2-4-22(33)16-24)45-19-30(41)40-27(20-7-11-23(34)12-8-20)17-26(38-40)28-6-3-15-44-28/h2-16,27H,17-19H2,1H3,(H,35,42). The zero-order valence-electron chi connectivity index (χ0n) is 23.9. The Morgan fingerprint density at radius 1 is 1.07 bits per heavy atom. The van der Waals surface area contributed by atoms with Gasteiger partial charge in [0.1, 0.15) is 11.6 Å². The number of rotatable bonds is 10. The summed E-state index contributed by atoms with van der Waals surface area (Å²) in [5, 5.41) is 20.7. The number of aromatic nitrogens is 3. The van der Waals surface area contributed by atoms with Crippen LogP contribution in [0.5, 0.6) is 5.75 Å². The van der Waals surface area contributed by atoms with Gasteiger partial charge >= 0.3 is 0 Å². The number of amides is 2. The van der Waals surface area contributed by atoms with Crippen molar-refractivity contribution >= 4 is 52.2 Å². The van der Waals surface area contributed by atoms with E-state index in [1.54, 1.807) is 77.6 Å². The molecule has 2 amide bonds. The van der Waals surface area contributed by atoms with Gasteiger partial charge in [0.05, 0.1) is 41.7 Å². The molecule has 0 aliphatic carbocycles. The highest BCUT2D eigenvalue weighted by Gasteiger charge is 2.33. The molecular weight excluding hydrogens is 635 g/mol. The van der Waals surface area contributed by atoms with Crippen LogP contribution in [0.3, 0.4) is 0 Å². The summed E-state index contributed by atoms with van der Waals surface area (Å²) >= 11 is 9.06. The highest BCUT2D eigenvalue weighted by molar-refractivity contribution is 7.99. The van der Waals surface area contributed by atoms with E-state index in [0.29, 0.717) is 39.4 Å². The van der Waals surface area contributed by atoms with Crippen molar-refractivity contribution in [1.29, 1.82) is 0 Å². The average Bonchev–Trinajstić information content (AvgIpc) is 3.83. The van der Waals surface area contributed by atoms with Gasteiger partial charge < -0.3 is 10.1 Å². The summed E-state index contributed by atoms with van der Waals surface area (Å²) < 4.78 is 20.6. The maximum atomic E-state index is 13.7. The zero-order valence-corrected chi connectivity index (χ0v) is 26.3.